The Morgan fingerprint density at radius 2 is 2.00 bits per heavy atom. The molecule has 0 saturated carbocycles. The Kier molecular flexibility index (Phi) is 4.57. The fourth-order valence-corrected chi connectivity index (χ4v) is 3.99. The number of anilines is 1. The van der Waals surface area contributed by atoms with Crippen molar-refractivity contribution in [2.75, 3.05) is 50.7 Å². The molecule has 0 spiro atoms. The number of fused-ring (bicyclic) bond motifs is 1. The average Bonchev–Trinajstić information content (AvgIpc) is 3.16. The van der Waals surface area contributed by atoms with Crippen molar-refractivity contribution < 1.29 is 4.79 Å². The third-order valence-electron chi connectivity index (χ3n) is 5.50. The molecule has 2 fully saturated rings. The summed E-state index contributed by atoms with van der Waals surface area (Å²) in [6.45, 7) is 8.71. The van der Waals surface area contributed by atoms with Crippen LogP contribution in [0.1, 0.15) is 19.8 Å². The monoisotopic (exact) mass is 342 g/mol. The van der Waals surface area contributed by atoms with Crippen LogP contribution in [-0.4, -0.2) is 76.1 Å². The van der Waals surface area contributed by atoms with Gasteiger partial charge in [-0.3, -0.25) is 4.79 Å². The van der Waals surface area contributed by atoms with Crippen LogP contribution in [0.2, 0.25) is 0 Å². The Morgan fingerprint density at radius 1 is 1.16 bits per heavy atom. The van der Waals surface area contributed by atoms with E-state index in [-0.39, 0.29) is 5.92 Å². The third-order valence-corrected chi connectivity index (χ3v) is 5.50. The standard InChI is InChI=1S/C18H26N6O/c1-2-21-10-12-22(13-11-21)18(25)15-4-3-9-23(14-15)17-6-7-19-16-5-8-20-24(16)17/h5-8,15H,2-4,9-14H2,1H3. The maximum Gasteiger partial charge on any atom is 0.227 e. The van der Waals surface area contributed by atoms with Gasteiger partial charge in [-0.1, -0.05) is 6.92 Å². The normalized spacial score (nSPS) is 22.5. The highest BCUT2D eigenvalue weighted by molar-refractivity contribution is 5.80. The van der Waals surface area contributed by atoms with Crippen LogP contribution in [-0.2, 0) is 4.79 Å². The Hall–Kier alpha value is -2.15. The lowest BCUT2D eigenvalue weighted by molar-refractivity contribution is -0.137. The number of carbonyl (C=O) groups is 1. The highest BCUT2D eigenvalue weighted by Gasteiger charge is 2.31. The van der Waals surface area contributed by atoms with Gasteiger partial charge in [0.25, 0.3) is 0 Å². The second-order valence-corrected chi connectivity index (χ2v) is 6.95. The van der Waals surface area contributed by atoms with Crippen LogP contribution >= 0.6 is 0 Å². The molecule has 4 heterocycles. The molecule has 7 heteroatoms. The number of piperidine rings is 1. The number of aromatic nitrogens is 3. The molecular weight excluding hydrogens is 316 g/mol. The van der Waals surface area contributed by atoms with E-state index in [9.17, 15) is 4.79 Å². The van der Waals surface area contributed by atoms with Gasteiger partial charge in [0.2, 0.25) is 5.91 Å². The van der Waals surface area contributed by atoms with E-state index in [1.54, 1.807) is 6.20 Å². The molecule has 2 aromatic heterocycles. The van der Waals surface area contributed by atoms with Crippen molar-refractivity contribution in [2.24, 2.45) is 5.92 Å². The van der Waals surface area contributed by atoms with Gasteiger partial charge in [0.15, 0.2) is 5.65 Å². The Balaban J connectivity index is 1.46. The van der Waals surface area contributed by atoms with E-state index < -0.39 is 0 Å². The van der Waals surface area contributed by atoms with Crippen molar-refractivity contribution in [1.82, 2.24) is 24.4 Å². The fourth-order valence-electron chi connectivity index (χ4n) is 3.99. The minimum Gasteiger partial charge on any atom is -0.356 e. The predicted molar refractivity (Wildman–Crippen MR) is 96.6 cm³/mol. The molecule has 1 atom stereocenters. The molecule has 7 nitrogen and oxygen atoms in total. The number of rotatable bonds is 3. The summed E-state index contributed by atoms with van der Waals surface area (Å²) in [4.78, 5) is 24.1. The van der Waals surface area contributed by atoms with E-state index >= 15 is 0 Å². The lowest BCUT2D eigenvalue weighted by Gasteiger charge is -2.39. The van der Waals surface area contributed by atoms with Gasteiger partial charge in [0.05, 0.1) is 12.1 Å². The van der Waals surface area contributed by atoms with Crippen molar-refractivity contribution in [3.8, 4) is 0 Å². The van der Waals surface area contributed by atoms with Gasteiger partial charge in [0, 0.05) is 51.5 Å². The maximum absolute atomic E-state index is 13.0. The van der Waals surface area contributed by atoms with Gasteiger partial charge in [0.1, 0.15) is 5.82 Å². The molecule has 0 radical (unpaired) electrons. The number of nitrogens with zero attached hydrogens (tertiary/aromatic N) is 6. The second kappa shape index (κ2) is 7.00. The van der Waals surface area contributed by atoms with E-state index in [1.165, 1.54) is 0 Å². The van der Waals surface area contributed by atoms with E-state index in [2.05, 4.69) is 31.7 Å². The minimum atomic E-state index is 0.0840. The molecule has 0 bridgehead atoms. The van der Waals surface area contributed by atoms with Crippen molar-refractivity contribution >= 4 is 17.4 Å². The molecule has 1 amide bonds. The van der Waals surface area contributed by atoms with E-state index in [0.29, 0.717) is 5.91 Å². The van der Waals surface area contributed by atoms with Crippen LogP contribution in [0.4, 0.5) is 5.82 Å². The van der Waals surface area contributed by atoms with Crippen molar-refractivity contribution in [3.05, 3.63) is 24.5 Å². The molecule has 2 aliphatic heterocycles. The Morgan fingerprint density at radius 3 is 2.80 bits per heavy atom. The molecule has 0 aliphatic carbocycles. The largest absolute Gasteiger partial charge is 0.356 e. The minimum absolute atomic E-state index is 0.0840. The predicted octanol–water partition coefficient (Wildman–Crippen LogP) is 1.11. The molecule has 0 N–H and O–H groups in total. The molecule has 4 rings (SSSR count). The zero-order valence-electron chi connectivity index (χ0n) is 14.8. The van der Waals surface area contributed by atoms with Crippen LogP contribution < -0.4 is 4.90 Å². The average molecular weight is 342 g/mol. The fraction of sp³-hybridized carbons (Fsp3) is 0.611. The molecular formula is C18H26N6O. The number of piperazine rings is 1. The molecule has 2 saturated heterocycles. The zero-order chi connectivity index (χ0) is 17.2. The first-order chi connectivity index (χ1) is 12.3. The smallest absolute Gasteiger partial charge is 0.227 e. The lowest BCUT2D eigenvalue weighted by atomic mass is 9.96. The van der Waals surface area contributed by atoms with Gasteiger partial charge in [-0.15, -0.1) is 0 Å². The summed E-state index contributed by atoms with van der Waals surface area (Å²) in [5, 5.41) is 4.38. The number of carbonyl (C=O) groups excluding carboxylic acids is 1. The SMILES string of the molecule is CCN1CCN(C(=O)C2CCCN(c3ccnc4ccnn34)C2)CC1. The second-order valence-electron chi connectivity index (χ2n) is 6.95. The first kappa shape index (κ1) is 16.3. The van der Waals surface area contributed by atoms with E-state index in [4.69, 9.17) is 0 Å². The molecule has 134 valence electrons. The summed E-state index contributed by atoms with van der Waals surface area (Å²) in [6, 6.07) is 3.90. The summed E-state index contributed by atoms with van der Waals surface area (Å²) in [5.41, 5.74) is 0.849. The van der Waals surface area contributed by atoms with Crippen molar-refractivity contribution in [2.45, 2.75) is 19.8 Å². The summed E-state index contributed by atoms with van der Waals surface area (Å²) in [6.07, 6.45) is 5.61. The molecule has 25 heavy (non-hydrogen) atoms. The topological polar surface area (TPSA) is 57.0 Å². The number of hydrogen-bond donors (Lipinski definition) is 0. The highest BCUT2D eigenvalue weighted by Crippen LogP contribution is 2.25. The summed E-state index contributed by atoms with van der Waals surface area (Å²) >= 11 is 0. The maximum atomic E-state index is 13.0. The molecule has 2 aromatic rings. The molecule has 0 aromatic carbocycles. The van der Waals surface area contributed by atoms with Crippen LogP contribution in [0, 0.1) is 5.92 Å². The van der Waals surface area contributed by atoms with Gasteiger partial charge in [-0.25, -0.2) is 4.98 Å². The lowest BCUT2D eigenvalue weighted by Crippen LogP contribution is -2.52. The number of hydrogen-bond acceptors (Lipinski definition) is 5. The van der Waals surface area contributed by atoms with Gasteiger partial charge < -0.3 is 14.7 Å². The summed E-state index contributed by atoms with van der Waals surface area (Å²) in [5.74, 6) is 1.44. The van der Waals surface area contributed by atoms with Crippen LogP contribution in [0.15, 0.2) is 24.5 Å². The Bertz CT molecular complexity index is 736. The summed E-state index contributed by atoms with van der Waals surface area (Å²) < 4.78 is 1.87. The summed E-state index contributed by atoms with van der Waals surface area (Å²) in [7, 11) is 0. The highest BCUT2D eigenvalue weighted by atomic mass is 16.2. The molecule has 1 unspecified atom stereocenters. The molecule has 2 aliphatic rings. The number of amides is 1. The first-order valence-corrected chi connectivity index (χ1v) is 9.31. The quantitative estimate of drug-likeness (QED) is 0.836. The third kappa shape index (κ3) is 3.20. The van der Waals surface area contributed by atoms with Crippen LogP contribution in [0.3, 0.4) is 0 Å². The first-order valence-electron chi connectivity index (χ1n) is 9.31. The van der Waals surface area contributed by atoms with Crippen molar-refractivity contribution in [1.29, 1.82) is 0 Å². The van der Waals surface area contributed by atoms with Gasteiger partial charge in [-0.2, -0.15) is 9.61 Å². The van der Waals surface area contributed by atoms with Gasteiger partial charge in [-0.05, 0) is 25.5 Å². The van der Waals surface area contributed by atoms with E-state index in [1.807, 2.05) is 22.8 Å². The zero-order valence-corrected chi connectivity index (χ0v) is 14.8. The van der Waals surface area contributed by atoms with E-state index in [0.717, 1.165) is 70.1 Å². The Labute approximate surface area is 148 Å². The van der Waals surface area contributed by atoms with Crippen LogP contribution in [0.5, 0.6) is 0 Å². The number of likely N-dealkylation sites (N-methyl/N-ethyl adjacent to an activating group) is 1. The van der Waals surface area contributed by atoms with Crippen molar-refractivity contribution in [3.63, 3.8) is 0 Å². The van der Waals surface area contributed by atoms with Gasteiger partial charge >= 0.3 is 0 Å². The van der Waals surface area contributed by atoms with Crippen LogP contribution in [0.25, 0.3) is 5.65 Å².